The fourth-order valence-corrected chi connectivity index (χ4v) is 9.72. The lowest BCUT2D eigenvalue weighted by Crippen LogP contribution is -2.40. The maximum atomic E-state index is 7.06. The molecule has 0 aliphatic rings. The first kappa shape index (κ1) is 37.0. The standard InChI is InChI=1S/C51H37B6N3O/c52-41-37(29-22-23-35-33-20-8-7-18-31(33)32-19-9-10-21-34(32)36(35)25-29)42(53)45(56)48-39(41)38-40(43(54)44(55)46(57)47(38)61-48)51-59-49(27-14-5-2-6-15-27)58-50(60-51)30-17-11-16-28(24-30)26-12-3-1-4-13-26/h1-25H,52-57H2. The van der Waals surface area contributed by atoms with Crippen molar-refractivity contribution in [2.45, 2.75) is 0 Å². The first-order valence-corrected chi connectivity index (χ1v) is 21.0. The van der Waals surface area contributed by atoms with Gasteiger partial charge in [0.05, 0.1) is 0 Å². The monoisotopic (exact) mass is 773 g/mol. The second-order valence-corrected chi connectivity index (χ2v) is 16.5. The maximum Gasteiger partial charge on any atom is 0.164 e. The highest BCUT2D eigenvalue weighted by Crippen LogP contribution is 2.39. The summed E-state index contributed by atoms with van der Waals surface area (Å²) < 4.78 is 7.06. The van der Waals surface area contributed by atoms with Crippen molar-refractivity contribution in [1.29, 1.82) is 0 Å². The predicted molar refractivity (Wildman–Crippen MR) is 276 cm³/mol. The van der Waals surface area contributed by atoms with Crippen LogP contribution in [0.15, 0.2) is 156 Å². The van der Waals surface area contributed by atoms with E-state index in [4.69, 9.17) is 19.4 Å². The van der Waals surface area contributed by atoms with Gasteiger partial charge in [0.15, 0.2) is 17.5 Å². The molecule has 280 valence electrons. The van der Waals surface area contributed by atoms with Crippen LogP contribution in [0.2, 0.25) is 0 Å². The van der Waals surface area contributed by atoms with Gasteiger partial charge in [-0.2, -0.15) is 0 Å². The molecule has 9 aromatic carbocycles. The molecule has 11 rings (SSSR count). The molecule has 0 unspecified atom stereocenters. The smallest absolute Gasteiger partial charge is 0.164 e. The van der Waals surface area contributed by atoms with E-state index >= 15 is 0 Å². The van der Waals surface area contributed by atoms with Crippen LogP contribution < -0.4 is 32.8 Å². The van der Waals surface area contributed by atoms with Gasteiger partial charge in [-0.3, -0.25) is 0 Å². The number of rotatable bonds is 5. The van der Waals surface area contributed by atoms with E-state index in [1.807, 2.05) is 24.3 Å². The summed E-state index contributed by atoms with van der Waals surface area (Å²) in [6.07, 6.45) is 0. The Kier molecular flexibility index (Phi) is 8.68. The molecule has 10 heteroatoms. The zero-order valence-electron chi connectivity index (χ0n) is 35.2. The molecule has 0 aliphatic carbocycles. The van der Waals surface area contributed by atoms with Gasteiger partial charge in [-0.15, -0.1) is 0 Å². The summed E-state index contributed by atoms with van der Waals surface area (Å²) >= 11 is 0. The molecule has 61 heavy (non-hydrogen) atoms. The van der Waals surface area contributed by atoms with Crippen molar-refractivity contribution in [3.05, 3.63) is 152 Å². The van der Waals surface area contributed by atoms with Gasteiger partial charge < -0.3 is 4.42 Å². The Hall–Kier alpha value is -7.04. The van der Waals surface area contributed by atoms with Crippen molar-refractivity contribution in [1.82, 2.24) is 15.0 Å². The Balaban J connectivity index is 1.20. The molecule has 0 spiro atoms. The molecule has 4 nitrogen and oxygen atoms in total. The van der Waals surface area contributed by atoms with E-state index in [-0.39, 0.29) is 0 Å². The van der Waals surface area contributed by atoms with E-state index in [2.05, 4.69) is 174 Å². The fraction of sp³-hybridized carbons (Fsp3) is 0. The summed E-state index contributed by atoms with van der Waals surface area (Å²) in [5, 5.41) is 9.75. The molecule has 0 amide bonds. The number of nitrogens with zero attached hydrogens (tertiary/aromatic N) is 3. The van der Waals surface area contributed by atoms with E-state index in [1.54, 1.807) is 0 Å². The maximum absolute atomic E-state index is 7.06. The van der Waals surface area contributed by atoms with E-state index in [0.29, 0.717) is 17.5 Å². The second kappa shape index (κ2) is 14.3. The number of fused-ring (bicyclic) bond motifs is 9. The molecule has 0 saturated carbocycles. The lowest BCUT2D eigenvalue weighted by molar-refractivity contribution is 0.675. The summed E-state index contributed by atoms with van der Waals surface area (Å²) in [5.74, 6) is 1.88. The highest BCUT2D eigenvalue weighted by atomic mass is 16.3. The van der Waals surface area contributed by atoms with Gasteiger partial charge in [0.25, 0.3) is 0 Å². The Morgan fingerprint density at radius 3 is 1.43 bits per heavy atom. The van der Waals surface area contributed by atoms with Crippen LogP contribution in [0.1, 0.15) is 0 Å². The Morgan fingerprint density at radius 2 is 0.770 bits per heavy atom. The van der Waals surface area contributed by atoms with Gasteiger partial charge in [0.1, 0.15) is 58.2 Å². The summed E-state index contributed by atoms with van der Waals surface area (Å²) in [6.45, 7) is 0. The summed E-state index contributed by atoms with van der Waals surface area (Å²) in [6, 6.07) is 53.8. The van der Waals surface area contributed by atoms with E-state index in [1.165, 1.54) is 54.4 Å². The van der Waals surface area contributed by atoms with Crippen LogP contribution in [0.3, 0.4) is 0 Å². The van der Waals surface area contributed by atoms with E-state index in [0.717, 1.165) is 71.6 Å². The van der Waals surface area contributed by atoms with Gasteiger partial charge in [0, 0.05) is 27.5 Å². The van der Waals surface area contributed by atoms with Crippen LogP contribution in [0, 0.1) is 0 Å². The average Bonchev–Trinajstić information content (AvgIpc) is 3.72. The van der Waals surface area contributed by atoms with Gasteiger partial charge in [0.2, 0.25) is 0 Å². The third-order valence-corrected chi connectivity index (χ3v) is 13.2. The highest BCUT2D eigenvalue weighted by Gasteiger charge is 2.26. The first-order chi connectivity index (χ1) is 29.8. The van der Waals surface area contributed by atoms with Gasteiger partial charge in [-0.1, -0.05) is 172 Å². The molecule has 11 aromatic rings. The second-order valence-electron chi connectivity index (χ2n) is 16.5. The Labute approximate surface area is 359 Å². The molecule has 0 saturated heterocycles. The lowest BCUT2D eigenvalue weighted by atomic mass is 9.67. The van der Waals surface area contributed by atoms with Crippen molar-refractivity contribution >= 4 is 134 Å². The van der Waals surface area contributed by atoms with Crippen molar-refractivity contribution in [3.63, 3.8) is 0 Å². The van der Waals surface area contributed by atoms with Crippen LogP contribution in [-0.4, -0.2) is 62.0 Å². The minimum atomic E-state index is 0.626. The van der Waals surface area contributed by atoms with Crippen molar-refractivity contribution in [2.24, 2.45) is 0 Å². The zero-order valence-corrected chi connectivity index (χ0v) is 35.2. The first-order valence-electron chi connectivity index (χ1n) is 21.0. The third kappa shape index (κ3) is 5.80. The number of hydrogen-bond donors (Lipinski definition) is 0. The molecule has 0 fully saturated rings. The van der Waals surface area contributed by atoms with Gasteiger partial charge in [-0.05, 0) is 66.7 Å². The molecular formula is C51H37B6N3O. The number of aromatic nitrogens is 3. The molecule has 0 N–H and O–H groups in total. The van der Waals surface area contributed by atoms with Crippen LogP contribution in [-0.2, 0) is 0 Å². The summed E-state index contributed by atoms with van der Waals surface area (Å²) in [7, 11) is 13.3. The summed E-state index contributed by atoms with van der Waals surface area (Å²) in [5.41, 5.74) is 16.2. The normalized spacial score (nSPS) is 11.7. The largest absolute Gasteiger partial charge is 0.457 e. The highest BCUT2D eigenvalue weighted by molar-refractivity contribution is 6.65. The fourth-order valence-electron chi connectivity index (χ4n) is 9.72. The SMILES string of the molecule is Bc1c(-c2ccc3c4ccccc4c4ccccc4c3c2)c(B)c2c(oc3c(B)c(B)c(B)c(-c4nc(-c5ccccc5)nc(-c5cccc(-c6ccccc6)c5)n4)c32)c1B. The summed E-state index contributed by atoms with van der Waals surface area (Å²) in [4.78, 5) is 15.8. The van der Waals surface area contributed by atoms with E-state index in [9.17, 15) is 0 Å². The minimum absolute atomic E-state index is 0.626. The van der Waals surface area contributed by atoms with E-state index < -0.39 is 0 Å². The predicted octanol–water partition coefficient (Wildman–Crippen LogP) is 3.12. The van der Waals surface area contributed by atoms with Crippen molar-refractivity contribution in [2.75, 3.05) is 0 Å². The van der Waals surface area contributed by atoms with Crippen LogP contribution in [0.25, 0.3) is 111 Å². The quantitative estimate of drug-likeness (QED) is 0.200. The molecule has 0 aliphatic heterocycles. The van der Waals surface area contributed by atoms with Crippen molar-refractivity contribution in [3.8, 4) is 56.4 Å². The topological polar surface area (TPSA) is 51.8 Å². The molecule has 0 bridgehead atoms. The van der Waals surface area contributed by atoms with Crippen LogP contribution in [0.4, 0.5) is 0 Å². The van der Waals surface area contributed by atoms with Gasteiger partial charge in [-0.25, -0.2) is 15.0 Å². The number of hydrogen-bond acceptors (Lipinski definition) is 4. The van der Waals surface area contributed by atoms with Crippen LogP contribution in [0.5, 0.6) is 0 Å². The molecular weight excluding hydrogens is 735 g/mol. The Morgan fingerprint density at radius 1 is 0.295 bits per heavy atom. The molecule has 2 heterocycles. The minimum Gasteiger partial charge on any atom is -0.457 e. The number of furan rings is 1. The molecule has 0 atom stereocenters. The average molecular weight is 773 g/mol. The zero-order chi connectivity index (χ0) is 41.5. The van der Waals surface area contributed by atoms with Crippen LogP contribution >= 0.6 is 0 Å². The molecule has 2 aromatic heterocycles. The lowest BCUT2D eigenvalue weighted by Gasteiger charge is -2.18. The van der Waals surface area contributed by atoms with Gasteiger partial charge >= 0.3 is 0 Å². The number of benzene rings is 9. The third-order valence-electron chi connectivity index (χ3n) is 13.2. The molecule has 0 radical (unpaired) electrons. The Bertz CT molecular complexity index is 3580. The van der Waals surface area contributed by atoms with Crippen molar-refractivity contribution < 1.29 is 4.42 Å².